The van der Waals surface area contributed by atoms with Gasteiger partial charge in [0.25, 0.3) is 0 Å². The molecule has 112 valence electrons. The van der Waals surface area contributed by atoms with Gasteiger partial charge in [0.2, 0.25) is 0 Å². The molecule has 4 heteroatoms. The minimum absolute atomic E-state index is 0.591. The molecule has 0 spiro atoms. The zero-order chi connectivity index (χ0) is 14.6. The minimum Gasteiger partial charge on any atom is -0.313 e. The summed E-state index contributed by atoms with van der Waals surface area (Å²) in [5.41, 5.74) is 1.99. The molecule has 0 bridgehead atoms. The molecule has 0 heterocycles. The number of alkyl halides is 3. The summed E-state index contributed by atoms with van der Waals surface area (Å²) >= 11 is 0. The largest absolute Gasteiger partial charge is 0.390 e. The molecule has 0 amide bonds. The van der Waals surface area contributed by atoms with E-state index in [1.54, 1.807) is 7.05 Å². The zero-order valence-corrected chi connectivity index (χ0v) is 11.8. The number of nitrogens with one attached hydrogen (secondary N) is 1. The first-order chi connectivity index (χ1) is 9.49. The topological polar surface area (TPSA) is 12.0 Å². The van der Waals surface area contributed by atoms with Gasteiger partial charge >= 0.3 is 6.18 Å². The van der Waals surface area contributed by atoms with Gasteiger partial charge in [0.1, 0.15) is 0 Å². The normalized spacial score (nSPS) is 19.0. The Labute approximate surface area is 118 Å². The lowest BCUT2D eigenvalue weighted by Crippen LogP contribution is -2.23. The summed E-state index contributed by atoms with van der Waals surface area (Å²) in [6.07, 6.45) is 1.28. The van der Waals surface area contributed by atoms with Gasteiger partial charge in [-0.05, 0) is 36.9 Å². The molecule has 0 saturated heterocycles. The lowest BCUT2D eigenvalue weighted by molar-refractivity contribution is -0.140. The summed E-state index contributed by atoms with van der Waals surface area (Å²) in [6.45, 7) is 0. The molecule has 1 N–H and O–H groups in total. The lowest BCUT2D eigenvalue weighted by atomic mass is 9.83. The summed E-state index contributed by atoms with van der Waals surface area (Å²) in [6, 6.07) is 7.04. The molecule has 1 saturated carbocycles. The predicted molar refractivity (Wildman–Crippen MR) is 74.7 cm³/mol. The fraction of sp³-hybridized carbons (Fsp3) is 0.625. The molecule has 1 unspecified atom stereocenters. The Morgan fingerprint density at radius 2 is 1.70 bits per heavy atom. The van der Waals surface area contributed by atoms with E-state index in [2.05, 4.69) is 5.32 Å². The molecule has 1 nitrogen and oxygen atoms in total. The summed E-state index contributed by atoms with van der Waals surface area (Å²) in [4.78, 5) is 0. The van der Waals surface area contributed by atoms with E-state index in [1.807, 2.05) is 24.3 Å². The fourth-order valence-corrected chi connectivity index (χ4v) is 3.05. The van der Waals surface area contributed by atoms with Crippen LogP contribution in [0.4, 0.5) is 13.2 Å². The zero-order valence-electron chi connectivity index (χ0n) is 11.8. The van der Waals surface area contributed by atoms with Crippen molar-refractivity contribution in [2.75, 3.05) is 7.05 Å². The van der Waals surface area contributed by atoms with Gasteiger partial charge in [0, 0.05) is 6.04 Å². The molecule has 1 aromatic rings. The van der Waals surface area contributed by atoms with Gasteiger partial charge in [0.15, 0.2) is 0 Å². The highest BCUT2D eigenvalue weighted by Crippen LogP contribution is 2.34. The average Bonchev–Trinajstić information content (AvgIpc) is 2.45. The first-order valence-corrected chi connectivity index (χ1v) is 7.33. The van der Waals surface area contributed by atoms with Crippen LogP contribution in [0.15, 0.2) is 24.3 Å². The van der Waals surface area contributed by atoms with E-state index in [4.69, 9.17) is 0 Å². The second kappa shape index (κ2) is 6.61. The summed E-state index contributed by atoms with van der Waals surface area (Å²) in [5, 5.41) is 2.75. The van der Waals surface area contributed by atoms with Crippen molar-refractivity contribution in [2.45, 2.75) is 56.7 Å². The highest BCUT2D eigenvalue weighted by Gasteiger charge is 2.32. The van der Waals surface area contributed by atoms with Crippen molar-refractivity contribution in [2.24, 2.45) is 0 Å². The fourth-order valence-electron chi connectivity index (χ4n) is 3.05. The molecule has 20 heavy (non-hydrogen) atoms. The van der Waals surface area contributed by atoms with Crippen LogP contribution in [0, 0.1) is 0 Å². The Hall–Kier alpha value is -1.03. The Kier molecular flexibility index (Phi) is 5.08. The minimum atomic E-state index is -4.14. The Morgan fingerprint density at radius 3 is 2.20 bits per heavy atom. The third-order valence-corrected chi connectivity index (χ3v) is 4.20. The van der Waals surface area contributed by atoms with Crippen LogP contribution >= 0.6 is 0 Å². The van der Waals surface area contributed by atoms with Gasteiger partial charge < -0.3 is 5.32 Å². The van der Waals surface area contributed by atoms with Crippen LogP contribution in [0.3, 0.4) is 0 Å². The lowest BCUT2D eigenvalue weighted by Gasteiger charge is -2.23. The Bertz CT molecular complexity index is 405. The van der Waals surface area contributed by atoms with Crippen molar-refractivity contribution in [3.05, 3.63) is 35.4 Å². The van der Waals surface area contributed by atoms with Crippen molar-refractivity contribution < 1.29 is 13.2 Å². The van der Waals surface area contributed by atoms with Crippen LogP contribution in [0.1, 0.15) is 61.6 Å². The second-order valence-electron chi connectivity index (χ2n) is 5.66. The van der Waals surface area contributed by atoms with E-state index in [-0.39, 0.29) is 0 Å². The van der Waals surface area contributed by atoms with Crippen molar-refractivity contribution in [3.8, 4) is 0 Å². The molecule has 0 aliphatic heterocycles. The van der Waals surface area contributed by atoms with Gasteiger partial charge in [0.05, 0.1) is 6.42 Å². The average molecular weight is 285 g/mol. The molecule has 0 radical (unpaired) electrons. The molecule has 2 rings (SSSR count). The van der Waals surface area contributed by atoms with Gasteiger partial charge in [-0.25, -0.2) is 0 Å². The molecular weight excluding hydrogens is 263 g/mol. The summed E-state index contributed by atoms with van der Waals surface area (Å²) in [7, 11) is 1.57. The third-order valence-electron chi connectivity index (χ3n) is 4.20. The van der Waals surface area contributed by atoms with Gasteiger partial charge in [-0.3, -0.25) is 0 Å². The number of halogens is 3. The maximum atomic E-state index is 12.5. The van der Waals surface area contributed by atoms with Crippen LogP contribution in [-0.4, -0.2) is 13.2 Å². The van der Waals surface area contributed by atoms with E-state index in [0.717, 1.165) is 0 Å². The molecule has 1 aliphatic rings. The third kappa shape index (κ3) is 4.23. The van der Waals surface area contributed by atoms with E-state index in [1.165, 1.54) is 37.7 Å². The van der Waals surface area contributed by atoms with Crippen molar-refractivity contribution in [1.82, 2.24) is 5.32 Å². The standard InChI is InChI=1S/C16H22F3N/c1-20-15(11-16(17,18)19)14-9-7-13(8-10-14)12-5-3-2-4-6-12/h7-10,12,15,20H,2-6,11H2,1H3. The molecule has 1 aliphatic carbocycles. The quantitative estimate of drug-likeness (QED) is 0.825. The molecular formula is C16H22F3N. The number of hydrogen-bond donors (Lipinski definition) is 1. The second-order valence-corrected chi connectivity index (χ2v) is 5.66. The van der Waals surface area contributed by atoms with Crippen LogP contribution in [0.25, 0.3) is 0 Å². The first kappa shape index (κ1) is 15.4. The SMILES string of the molecule is CNC(CC(F)(F)F)c1ccc(C2CCCCC2)cc1. The van der Waals surface area contributed by atoms with E-state index in [0.29, 0.717) is 11.5 Å². The maximum absolute atomic E-state index is 12.5. The molecule has 1 fully saturated rings. The molecule has 0 aromatic heterocycles. The van der Waals surface area contributed by atoms with Crippen LogP contribution in [-0.2, 0) is 0 Å². The van der Waals surface area contributed by atoms with Gasteiger partial charge in [-0.2, -0.15) is 13.2 Å². The smallest absolute Gasteiger partial charge is 0.313 e. The summed E-state index contributed by atoms with van der Waals surface area (Å²) in [5.74, 6) is 0.591. The van der Waals surface area contributed by atoms with Crippen molar-refractivity contribution >= 4 is 0 Å². The first-order valence-electron chi connectivity index (χ1n) is 7.33. The number of hydrogen-bond acceptors (Lipinski definition) is 1. The van der Waals surface area contributed by atoms with Gasteiger partial charge in [-0.15, -0.1) is 0 Å². The Balaban J connectivity index is 2.06. The van der Waals surface area contributed by atoms with Crippen molar-refractivity contribution in [3.63, 3.8) is 0 Å². The van der Waals surface area contributed by atoms with Crippen molar-refractivity contribution in [1.29, 1.82) is 0 Å². The predicted octanol–water partition coefficient (Wildman–Crippen LogP) is 4.95. The summed E-state index contributed by atoms with van der Waals surface area (Å²) < 4.78 is 37.5. The van der Waals surface area contributed by atoms with Crippen LogP contribution < -0.4 is 5.32 Å². The van der Waals surface area contributed by atoms with Gasteiger partial charge in [-0.1, -0.05) is 43.5 Å². The molecule has 1 atom stereocenters. The highest BCUT2D eigenvalue weighted by molar-refractivity contribution is 5.27. The Morgan fingerprint density at radius 1 is 1.10 bits per heavy atom. The van der Waals surface area contributed by atoms with E-state index in [9.17, 15) is 13.2 Å². The number of benzene rings is 1. The monoisotopic (exact) mass is 285 g/mol. The molecule has 1 aromatic carbocycles. The van der Waals surface area contributed by atoms with E-state index < -0.39 is 18.6 Å². The van der Waals surface area contributed by atoms with Crippen LogP contribution in [0.2, 0.25) is 0 Å². The van der Waals surface area contributed by atoms with E-state index >= 15 is 0 Å². The number of rotatable bonds is 4. The van der Waals surface area contributed by atoms with Crippen LogP contribution in [0.5, 0.6) is 0 Å². The highest BCUT2D eigenvalue weighted by atomic mass is 19.4. The maximum Gasteiger partial charge on any atom is 0.390 e.